The molecule has 2 aromatic rings. The molecule has 1 atom stereocenters. The van der Waals surface area contributed by atoms with Crippen molar-refractivity contribution < 1.29 is 22.8 Å². The highest BCUT2D eigenvalue weighted by Gasteiger charge is 2.28. The van der Waals surface area contributed by atoms with Gasteiger partial charge in [0, 0.05) is 5.69 Å². The smallest absolute Gasteiger partial charge is 0.346 e. The monoisotopic (exact) mass is 365 g/mol. The van der Waals surface area contributed by atoms with Gasteiger partial charge in [0.25, 0.3) is 0 Å². The van der Waals surface area contributed by atoms with Gasteiger partial charge in [-0.05, 0) is 17.7 Å². The summed E-state index contributed by atoms with van der Waals surface area (Å²) in [5.41, 5.74) is 1.16. The van der Waals surface area contributed by atoms with E-state index < -0.39 is 37.1 Å². The van der Waals surface area contributed by atoms with Crippen LogP contribution in [0.3, 0.4) is 0 Å². The number of hydrogen-bond donors (Lipinski definition) is 3. The van der Waals surface area contributed by atoms with Gasteiger partial charge in [0.15, 0.2) is 0 Å². The number of para-hydroxylation sites is 1. The Labute approximate surface area is 148 Å². The Morgan fingerprint density at radius 2 is 1.50 bits per heavy atom. The summed E-state index contributed by atoms with van der Waals surface area (Å²) in [6.07, 6.45) is -4.49. The number of halogens is 3. The van der Waals surface area contributed by atoms with Crippen molar-refractivity contribution in [3.05, 3.63) is 66.2 Å². The Morgan fingerprint density at radius 3 is 2.08 bits per heavy atom. The van der Waals surface area contributed by atoms with Gasteiger partial charge in [0.2, 0.25) is 11.8 Å². The number of rotatable bonds is 7. The minimum absolute atomic E-state index is 0.425. The molecule has 1 unspecified atom stereocenters. The van der Waals surface area contributed by atoms with E-state index in [0.29, 0.717) is 11.3 Å². The summed E-state index contributed by atoms with van der Waals surface area (Å²) in [5, 5.41) is 7.17. The molecule has 2 aromatic carbocycles. The van der Waals surface area contributed by atoms with Crippen LogP contribution in [0.15, 0.2) is 60.7 Å². The highest BCUT2D eigenvalue weighted by molar-refractivity contribution is 5.95. The first-order valence-corrected chi connectivity index (χ1v) is 7.83. The maximum atomic E-state index is 12.6. The second-order valence-corrected chi connectivity index (χ2v) is 5.47. The zero-order valence-electron chi connectivity index (χ0n) is 13.7. The SMILES string of the molecule is O=C(CNC(C(=O)Nc1ccccc1)c1ccccc1)NCC(F)(F)F. The van der Waals surface area contributed by atoms with Crippen LogP contribution in [0, 0.1) is 0 Å². The third kappa shape index (κ3) is 6.56. The van der Waals surface area contributed by atoms with E-state index in [0.717, 1.165) is 0 Å². The normalized spacial score (nSPS) is 12.3. The lowest BCUT2D eigenvalue weighted by atomic mass is 10.1. The quantitative estimate of drug-likeness (QED) is 0.707. The third-order valence-electron chi connectivity index (χ3n) is 3.39. The molecule has 2 rings (SSSR count). The lowest BCUT2D eigenvalue weighted by molar-refractivity contribution is -0.138. The lowest BCUT2D eigenvalue weighted by Gasteiger charge is -2.19. The van der Waals surface area contributed by atoms with E-state index >= 15 is 0 Å². The number of nitrogens with one attached hydrogen (secondary N) is 3. The molecule has 138 valence electrons. The van der Waals surface area contributed by atoms with Gasteiger partial charge in [-0.2, -0.15) is 13.2 Å². The summed E-state index contributed by atoms with van der Waals surface area (Å²) >= 11 is 0. The van der Waals surface area contributed by atoms with Crippen molar-refractivity contribution >= 4 is 17.5 Å². The number of anilines is 1. The molecule has 0 aliphatic heterocycles. The fraction of sp³-hybridized carbons (Fsp3) is 0.222. The van der Waals surface area contributed by atoms with Crippen LogP contribution in [0.5, 0.6) is 0 Å². The average Bonchev–Trinajstić information content (AvgIpc) is 2.61. The van der Waals surface area contributed by atoms with Crippen molar-refractivity contribution in [3.8, 4) is 0 Å². The molecule has 0 aliphatic rings. The second kappa shape index (κ2) is 9.00. The topological polar surface area (TPSA) is 70.2 Å². The molecule has 26 heavy (non-hydrogen) atoms. The predicted molar refractivity (Wildman–Crippen MR) is 91.3 cm³/mol. The van der Waals surface area contributed by atoms with E-state index in [1.807, 2.05) is 0 Å². The first-order valence-electron chi connectivity index (χ1n) is 7.83. The molecule has 0 radical (unpaired) electrons. The first-order chi connectivity index (χ1) is 12.3. The molecule has 3 N–H and O–H groups in total. The van der Waals surface area contributed by atoms with Gasteiger partial charge in [0.05, 0.1) is 6.54 Å². The molecule has 0 saturated carbocycles. The number of hydrogen-bond acceptors (Lipinski definition) is 3. The van der Waals surface area contributed by atoms with Gasteiger partial charge >= 0.3 is 6.18 Å². The minimum atomic E-state index is -4.49. The predicted octanol–water partition coefficient (Wildman–Crippen LogP) is 2.63. The second-order valence-electron chi connectivity index (χ2n) is 5.47. The standard InChI is InChI=1S/C18H18F3N3O2/c19-18(20,21)12-23-15(25)11-22-16(13-7-3-1-4-8-13)17(26)24-14-9-5-2-6-10-14/h1-10,16,22H,11-12H2,(H,23,25)(H,24,26). The summed E-state index contributed by atoms with van der Waals surface area (Å²) in [5.74, 6) is -1.28. The Balaban J connectivity index is 2.02. The molecular formula is C18H18F3N3O2. The van der Waals surface area contributed by atoms with Crippen LogP contribution >= 0.6 is 0 Å². The average molecular weight is 365 g/mol. The Hall–Kier alpha value is -2.87. The van der Waals surface area contributed by atoms with Crippen LogP contribution in [0.1, 0.15) is 11.6 Å². The minimum Gasteiger partial charge on any atom is -0.346 e. The number of amides is 2. The molecule has 0 aromatic heterocycles. The Kier molecular flexibility index (Phi) is 6.74. The third-order valence-corrected chi connectivity index (χ3v) is 3.39. The van der Waals surface area contributed by atoms with Crippen LogP contribution in [-0.4, -0.2) is 31.1 Å². The fourth-order valence-electron chi connectivity index (χ4n) is 2.20. The van der Waals surface area contributed by atoms with Gasteiger partial charge in [-0.3, -0.25) is 14.9 Å². The largest absolute Gasteiger partial charge is 0.405 e. The summed E-state index contributed by atoms with van der Waals surface area (Å²) in [4.78, 5) is 24.2. The molecule has 0 spiro atoms. The summed E-state index contributed by atoms with van der Waals surface area (Å²) in [7, 11) is 0. The molecule has 0 aliphatic carbocycles. The zero-order valence-corrected chi connectivity index (χ0v) is 13.7. The van der Waals surface area contributed by atoms with Gasteiger partial charge in [-0.1, -0.05) is 48.5 Å². The molecule has 0 bridgehead atoms. The van der Waals surface area contributed by atoms with Gasteiger partial charge in [-0.15, -0.1) is 0 Å². The van der Waals surface area contributed by atoms with Crippen molar-refractivity contribution in [2.45, 2.75) is 12.2 Å². The number of carbonyl (C=O) groups is 2. The van der Waals surface area contributed by atoms with Crippen LogP contribution in [0.2, 0.25) is 0 Å². The van der Waals surface area contributed by atoms with E-state index in [1.54, 1.807) is 66.0 Å². The lowest BCUT2D eigenvalue weighted by Crippen LogP contribution is -2.42. The van der Waals surface area contributed by atoms with Crippen molar-refractivity contribution in [1.29, 1.82) is 0 Å². The zero-order chi connectivity index (χ0) is 19.0. The van der Waals surface area contributed by atoms with E-state index in [1.165, 1.54) is 0 Å². The van der Waals surface area contributed by atoms with E-state index in [9.17, 15) is 22.8 Å². The summed E-state index contributed by atoms with van der Waals surface area (Å²) in [6, 6.07) is 16.4. The molecule has 0 fully saturated rings. The van der Waals surface area contributed by atoms with Gasteiger partial charge in [-0.25, -0.2) is 0 Å². The Morgan fingerprint density at radius 1 is 0.923 bits per heavy atom. The number of alkyl halides is 3. The molecular weight excluding hydrogens is 347 g/mol. The van der Waals surface area contributed by atoms with Crippen LogP contribution in [0.4, 0.5) is 18.9 Å². The number of benzene rings is 2. The first kappa shape index (κ1) is 19.5. The van der Waals surface area contributed by atoms with Crippen molar-refractivity contribution in [1.82, 2.24) is 10.6 Å². The molecule has 2 amide bonds. The van der Waals surface area contributed by atoms with E-state index in [2.05, 4.69) is 10.6 Å². The molecule has 0 saturated heterocycles. The maximum absolute atomic E-state index is 12.6. The van der Waals surface area contributed by atoms with Crippen LogP contribution in [-0.2, 0) is 9.59 Å². The highest BCUT2D eigenvalue weighted by atomic mass is 19.4. The fourth-order valence-corrected chi connectivity index (χ4v) is 2.20. The van der Waals surface area contributed by atoms with Crippen LogP contribution in [0.25, 0.3) is 0 Å². The van der Waals surface area contributed by atoms with Crippen LogP contribution < -0.4 is 16.0 Å². The summed E-state index contributed by atoms with van der Waals surface area (Å²) < 4.78 is 36.5. The van der Waals surface area contributed by atoms with E-state index in [4.69, 9.17) is 0 Å². The Bertz CT molecular complexity index is 721. The van der Waals surface area contributed by atoms with Gasteiger partial charge < -0.3 is 10.6 Å². The van der Waals surface area contributed by atoms with Crippen molar-refractivity contribution in [3.63, 3.8) is 0 Å². The van der Waals surface area contributed by atoms with Gasteiger partial charge in [0.1, 0.15) is 12.6 Å². The maximum Gasteiger partial charge on any atom is 0.405 e. The highest BCUT2D eigenvalue weighted by Crippen LogP contribution is 2.16. The summed E-state index contributed by atoms with van der Waals surface area (Å²) in [6.45, 7) is -1.85. The number of carbonyl (C=O) groups excluding carboxylic acids is 2. The van der Waals surface area contributed by atoms with E-state index in [-0.39, 0.29) is 0 Å². The molecule has 0 heterocycles. The molecule has 8 heteroatoms. The van der Waals surface area contributed by atoms with Crippen molar-refractivity contribution in [2.75, 3.05) is 18.4 Å². The van der Waals surface area contributed by atoms with Crippen molar-refractivity contribution in [2.24, 2.45) is 0 Å². The molecule has 5 nitrogen and oxygen atoms in total.